The fraction of sp³-hybridized carbons (Fsp3) is 0.353. The number of likely N-dealkylation sites (tertiary alicyclic amines) is 1. The number of anilines is 1. The molecule has 0 bridgehead atoms. The van der Waals surface area contributed by atoms with E-state index in [1.165, 1.54) is 23.5 Å². The third-order valence-electron chi connectivity index (χ3n) is 4.45. The fourth-order valence-electron chi connectivity index (χ4n) is 3.27. The largest absolute Gasteiger partial charge is 0.341 e. The summed E-state index contributed by atoms with van der Waals surface area (Å²) in [5.41, 5.74) is 1.48. The number of halogens is 1. The number of fused-ring (bicyclic) bond motifs is 1. The summed E-state index contributed by atoms with van der Waals surface area (Å²) in [5, 5.41) is 5.26. The second-order valence-electron chi connectivity index (χ2n) is 6.11. The zero-order chi connectivity index (χ0) is 17.2. The highest BCUT2D eigenvalue weighted by Gasteiger charge is 2.28. The maximum Gasteiger partial charge on any atom is 0.227 e. The first-order chi connectivity index (χ1) is 12.2. The topological polar surface area (TPSA) is 73.9 Å². The van der Waals surface area contributed by atoms with Crippen molar-refractivity contribution in [3.63, 3.8) is 0 Å². The summed E-state index contributed by atoms with van der Waals surface area (Å²) in [7, 11) is 0. The lowest BCUT2D eigenvalue weighted by molar-refractivity contribution is -0.116. The Hall–Kier alpha value is -2.32. The van der Waals surface area contributed by atoms with Gasteiger partial charge in [0.2, 0.25) is 5.91 Å². The molecule has 0 spiro atoms. The van der Waals surface area contributed by atoms with E-state index in [0.717, 1.165) is 30.7 Å². The highest BCUT2D eigenvalue weighted by Crippen LogP contribution is 2.31. The molecule has 2 aromatic heterocycles. The third kappa shape index (κ3) is 3.54. The molecule has 1 aromatic carbocycles. The van der Waals surface area contributed by atoms with E-state index in [1.54, 1.807) is 12.3 Å². The summed E-state index contributed by atoms with van der Waals surface area (Å²) in [6, 6.07) is 4.71. The van der Waals surface area contributed by atoms with Crippen LogP contribution in [0.4, 0.5) is 9.52 Å². The van der Waals surface area contributed by atoms with Gasteiger partial charge in [0.15, 0.2) is 5.13 Å². The molecule has 0 aliphatic carbocycles. The van der Waals surface area contributed by atoms with E-state index in [9.17, 15) is 9.18 Å². The van der Waals surface area contributed by atoms with E-state index in [0.29, 0.717) is 23.6 Å². The molecule has 1 aliphatic heterocycles. The summed E-state index contributed by atoms with van der Waals surface area (Å²) < 4.78 is 13.4. The third-order valence-corrected chi connectivity index (χ3v) is 5.13. The first-order valence-electron chi connectivity index (χ1n) is 8.27. The van der Waals surface area contributed by atoms with Gasteiger partial charge in [-0.05, 0) is 37.6 Å². The maximum atomic E-state index is 13.4. The lowest BCUT2D eigenvalue weighted by Gasteiger charge is -2.22. The lowest BCUT2D eigenvalue weighted by Crippen LogP contribution is -2.28. The fourth-order valence-corrected chi connectivity index (χ4v) is 3.82. The molecule has 6 nitrogen and oxygen atoms in total. The minimum absolute atomic E-state index is 0.0349. The van der Waals surface area contributed by atoms with Gasteiger partial charge in [-0.2, -0.15) is 0 Å². The molecule has 3 heterocycles. The number of thiazole rings is 1. The first kappa shape index (κ1) is 16.2. The lowest BCUT2D eigenvalue weighted by atomic mass is 10.2. The van der Waals surface area contributed by atoms with Crippen LogP contribution in [0.1, 0.15) is 31.1 Å². The Morgan fingerprint density at radius 2 is 2.40 bits per heavy atom. The van der Waals surface area contributed by atoms with Crippen LogP contribution < -0.4 is 5.32 Å². The van der Waals surface area contributed by atoms with Crippen molar-refractivity contribution in [2.45, 2.75) is 25.3 Å². The molecular weight excluding hydrogens is 341 g/mol. The van der Waals surface area contributed by atoms with Crippen molar-refractivity contribution < 1.29 is 9.18 Å². The van der Waals surface area contributed by atoms with Gasteiger partial charge in [0.05, 0.1) is 17.1 Å². The number of amides is 1. The predicted molar refractivity (Wildman–Crippen MR) is 95.0 cm³/mol. The Bertz CT molecular complexity index is 878. The first-order valence-corrected chi connectivity index (χ1v) is 9.15. The van der Waals surface area contributed by atoms with Crippen LogP contribution in [-0.2, 0) is 4.79 Å². The van der Waals surface area contributed by atoms with Crippen molar-refractivity contribution in [1.29, 1.82) is 0 Å². The van der Waals surface area contributed by atoms with E-state index in [2.05, 4.69) is 25.2 Å². The molecular formula is C17H18FN5OS. The van der Waals surface area contributed by atoms with E-state index in [4.69, 9.17) is 0 Å². The number of aromatic nitrogens is 3. The van der Waals surface area contributed by atoms with Crippen LogP contribution in [0.15, 0.2) is 29.8 Å². The molecule has 0 radical (unpaired) electrons. The Labute approximate surface area is 148 Å². The number of nitrogens with zero attached hydrogens (tertiary/aromatic N) is 3. The van der Waals surface area contributed by atoms with Gasteiger partial charge in [0.1, 0.15) is 11.6 Å². The number of hydrogen-bond donors (Lipinski definition) is 2. The van der Waals surface area contributed by atoms with Crippen LogP contribution >= 0.6 is 11.3 Å². The van der Waals surface area contributed by atoms with Gasteiger partial charge in [-0.3, -0.25) is 9.69 Å². The van der Waals surface area contributed by atoms with Gasteiger partial charge in [0, 0.05) is 24.5 Å². The van der Waals surface area contributed by atoms with Gasteiger partial charge in [-0.25, -0.2) is 14.4 Å². The van der Waals surface area contributed by atoms with Crippen LogP contribution in [-0.4, -0.2) is 38.8 Å². The number of hydrogen-bond acceptors (Lipinski definition) is 5. The Morgan fingerprint density at radius 3 is 3.24 bits per heavy atom. The average molecular weight is 359 g/mol. The molecule has 4 rings (SSSR count). The molecule has 3 aromatic rings. The Kier molecular flexibility index (Phi) is 4.46. The molecule has 1 fully saturated rings. The number of H-pyrrole nitrogens is 1. The number of carbonyl (C=O) groups is 1. The molecule has 1 unspecified atom stereocenters. The number of benzene rings is 1. The van der Waals surface area contributed by atoms with E-state index in [-0.39, 0.29) is 17.8 Å². The van der Waals surface area contributed by atoms with Crippen LogP contribution in [0.3, 0.4) is 0 Å². The van der Waals surface area contributed by atoms with E-state index < -0.39 is 0 Å². The molecule has 2 N–H and O–H groups in total. The molecule has 130 valence electrons. The molecule has 25 heavy (non-hydrogen) atoms. The molecule has 1 amide bonds. The summed E-state index contributed by atoms with van der Waals surface area (Å²) in [6.07, 6.45) is 4.12. The number of imidazole rings is 1. The van der Waals surface area contributed by atoms with E-state index >= 15 is 0 Å². The average Bonchev–Trinajstić information content (AvgIpc) is 3.32. The summed E-state index contributed by atoms with van der Waals surface area (Å²) in [6.45, 7) is 1.59. The van der Waals surface area contributed by atoms with E-state index in [1.807, 2.05) is 5.38 Å². The van der Waals surface area contributed by atoms with Crippen LogP contribution in [0.5, 0.6) is 0 Å². The van der Waals surface area contributed by atoms with Crippen LogP contribution in [0.25, 0.3) is 11.0 Å². The van der Waals surface area contributed by atoms with Crippen molar-refractivity contribution >= 4 is 33.4 Å². The quantitative estimate of drug-likeness (QED) is 0.733. The van der Waals surface area contributed by atoms with Gasteiger partial charge >= 0.3 is 0 Å². The van der Waals surface area contributed by atoms with Crippen LogP contribution in [0.2, 0.25) is 0 Å². The van der Waals surface area contributed by atoms with Gasteiger partial charge in [0.25, 0.3) is 0 Å². The zero-order valence-corrected chi connectivity index (χ0v) is 14.4. The van der Waals surface area contributed by atoms with Gasteiger partial charge in [-0.15, -0.1) is 11.3 Å². The summed E-state index contributed by atoms with van der Waals surface area (Å²) in [5.74, 6) is 0.538. The van der Waals surface area contributed by atoms with Crippen molar-refractivity contribution in [3.05, 3.63) is 41.4 Å². The Morgan fingerprint density at radius 1 is 1.48 bits per heavy atom. The summed E-state index contributed by atoms with van der Waals surface area (Å²) >= 11 is 1.41. The number of aromatic amines is 1. The minimum Gasteiger partial charge on any atom is -0.341 e. The van der Waals surface area contributed by atoms with Gasteiger partial charge < -0.3 is 10.3 Å². The number of carbonyl (C=O) groups excluding carboxylic acids is 1. The maximum absolute atomic E-state index is 13.4. The predicted octanol–water partition coefficient (Wildman–Crippen LogP) is 3.32. The second-order valence-corrected chi connectivity index (χ2v) is 7.01. The Balaban J connectivity index is 1.41. The van der Waals surface area contributed by atoms with Crippen molar-refractivity contribution in [1.82, 2.24) is 19.9 Å². The standard InChI is InChI=1S/C17H18FN5OS/c18-11-3-4-12-13(10-11)21-16(20-12)14-2-1-7-23(14)8-5-15(24)22-17-19-6-9-25-17/h3-4,6,9-10,14H,1-2,5,7-8H2,(H,20,21)(H,19,22,24). The monoisotopic (exact) mass is 359 g/mol. The van der Waals surface area contributed by atoms with Crippen molar-refractivity contribution in [2.24, 2.45) is 0 Å². The number of rotatable bonds is 5. The number of nitrogens with one attached hydrogen (secondary N) is 2. The van der Waals surface area contributed by atoms with Crippen LogP contribution in [0, 0.1) is 5.82 Å². The summed E-state index contributed by atoms with van der Waals surface area (Å²) in [4.78, 5) is 26.2. The highest BCUT2D eigenvalue weighted by atomic mass is 32.1. The second kappa shape index (κ2) is 6.89. The normalized spacial score (nSPS) is 18.0. The molecule has 1 saturated heterocycles. The molecule has 0 saturated carbocycles. The SMILES string of the molecule is O=C(CCN1CCCC1c1nc2ccc(F)cc2[nH]1)Nc1nccs1. The highest BCUT2D eigenvalue weighted by molar-refractivity contribution is 7.13. The van der Waals surface area contributed by atoms with Gasteiger partial charge in [-0.1, -0.05) is 0 Å². The molecule has 1 atom stereocenters. The smallest absolute Gasteiger partial charge is 0.227 e. The molecule has 8 heteroatoms. The minimum atomic E-state index is -0.273. The molecule has 1 aliphatic rings. The van der Waals surface area contributed by atoms with Crippen molar-refractivity contribution in [3.8, 4) is 0 Å². The van der Waals surface area contributed by atoms with Crippen molar-refractivity contribution in [2.75, 3.05) is 18.4 Å². The zero-order valence-electron chi connectivity index (χ0n) is 13.5.